The number of carbonyl (C=O) groups is 1. The van der Waals surface area contributed by atoms with Crippen LogP contribution >= 0.6 is 0 Å². The van der Waals surface area contributed by atoms with E-state index in [-0.39, 0.29) is 17.4 Å². The van der Waals surface area contributed by atoms with Crippen LogP contribution in [-0.2, 0) is 11.2 Å². The van der Waals surface area contributed by atoms with Crippen LogP contribution in [0.5, 0.6) is 0 Å². The zero-order chi connectivity index (χ0) is 15.6. The van der Waals surface area contributed by atoms with Gasteiger partial charge < -0.3 is 5.73 Å². The Balaban J connectivity index is 2.41. The molecule has 1 aliphatic rings. The fraction of sp³-hybridized carbons (Fsp3) is 0.556. The Labute approximate surface area is 127 Å². The summed E-state index contributed by atoms with van der Waals surface area (Å²) in [5.74, 6) is 0.00863. The minimum Gasteiger partial charge on any atom is -0.369 e. The predicted octanol–water partition coefficient (Wildman–Crippen LogP) is 3.35. The smallest absolute Gasteiger partial charge is 0.226 e. The summed E-state index contributed by atoms with van der Waals surface area (Å²) in [5.41, 5.74) is 8.76. The van der Waals surface area contributed by atoms with Crippen LogP contribution in [0.15, 0.2) is 29.3 Å². The highest BCUT2D eigenvalue weighted by Crippen LogP contribution is 2.31. The van der Waals surface area contributed by atoms with Crippen molar-refractivity contribution < 1.29 is 4.79 Å². The van der Waals surface area contributed by atoms with Crippen LogP contribution in [0.2, 0.25) is 0 Å². The van der Waals surface area contributed by atoms with Gasteiger partial charge in [0.25, 0.3) is 0 Å². The normalized spacial score (nSPS) is 18.0. The van der Waals surface area contributed by atoms with Gasteiger partial charge in [0, 0.05) is 0 Å². The third-order valence-corrected chi connectivity index (χ3v) is 4.05. The van der Waals surface area contributed by atoms with Crippen molar-refractivity contribution in [2.45, 2.75) is 52.5 Å². The highest BCUT2D eigenvalue weighted by molar-refractivity contribution is 6.14. The highest BCUT2D eigenvalue weighted by atomic mass is 16.1. The molecule has 0 aliphatic carbocycles. The Hall–Kier alpha value is -1.64. The van der Waals surface area contributed by atoms with Crippen LogP contribution in [0.1, 0.15) is 51.7 Å². The monoisotopic (exact) mass is 286 g/mol. The van der Waals surface area contributed by atoms with E-state index in [1.165, 1.54) is 5.56 Å². The zero-order valence-corrected chi connectivity index (χ0v) is 13.5. The average molecular weight is 286 g/mol. The minimum atomic E-state index is -0.284. The lowest BCUT2D eigenvalue weighted by atomic mass is 9.81. The number of aliphatic imine (C=N–C) groups is 1. The van der Waals surface area contributed by atoms with E-state index in [1.807, 2.05) is 12.1 Å². The van der Waals surface area contributed by atoms with Crippen molar-refractivity contribution in [2.24, 2.45) is 22.6 Å². The molecule has 1 aliphatic heterocycles. The Bertz CT molecular complexity index is 558. The maximum atomic E-state index is 12.0. The summed E-state index contributed by atoms with van der Waals surface area (Å²) in [4.78, 5) is 16.8. The van der Waals surface area contributed by atoms with Gasteiger partial charge >= 0.3 is 0 Å². The van der Waals surface area contributed by atoms with Crippen molar-refractivity contribution in [1.82, 2.24) is 0 Å². The molecule has 1 aromatic rings. The number of benzene rings is 1. The van der Waals surface area contributed by atoms with Crippen LogP contribution in [0, 0.1) is 11.8 Å². The first-order valence-corrected chi connectivity index (χ1v) is 7.77. The van der Waals surface area contributed by atoms with Crippen LogP contribution in [-0.4, -0.2) is 17.2 Å². The Kier molecular flexibility index (Phi) is 4.50. The van der Waals surface area contributed by atoms with Crippen molar-refractivity contribution >= 4 is 11.6 Å². The first-order valence-electron chi connectivity index (χ1n) is 7.77. The van der Waals surface area contributed by atoms with E-state index in [0.717, 1.165) is 30.5 Å². The van der Waals surface area contributed by atoms with Crippen molar-refractivity contribution in [2.75, 3.05) is 0 Å². The molecule has 3 nitrogen and oxygen atoms in total. The molecule has 0 radical (unpaired) electrons. The van der Waals surface area contributed by atoms with Gasteiger partial charge in [0.05, 0.1) is 17.2 Å². The molecule has 0 fully saturated rings. The number of amides is 1. The first-order chi connectivity index (χ1) is 9.80. The number of rotatable bonds is 5. The summed E-state index contributed by atoms with van der Waals surface area (Å²) in [7, 11) is 0. The standard InChI is InChI=1S/C18H26N2O/c1-12(2)9-10-15(17(19)21)16-14-8-6-5-7-13(14)11-18(3,4)20-16/h5-8,12,15H,9-11H2,1-4H3,(H2,19,21)/t15-/m1/s1. The van der Waals surface area contributed by atoms with Gasteiger partial charge in [0.2, 0.25) is 5.91 Å². The molecule has 3 heteroatoms. The molecule has 1 atom stereocenters. The van der Waals surface area contributed by atoms with Crippen molar-refractivity contribution in [3.05, 3.63) is 35.4 Å². The molecule has 0 aromatic heterocycles. The molecule has 0 saturated heterocycles. The van der Waals surface area contributed by atoms with E-state index in [9.17, 15) is 4.79 Å². The number of fused-ring (bicyclic) bond motifs is 1. The molecule has 114 valence electrons. The summed E-state index contributed by atoms with van der Waals surface area (Å²) in [6, 6.07) is 8.25. The average Bonchev–Trinajstić information content (AvgIpc) is 2.36. The lowest BCUT2D eigenvalue weighted by Crippen LogP contribution is -2.37. The third kappa shape index (κ3) is 3.72. The number of nitrogens with two attached hydrogens (primary N) is 1. The quantitative estimate of drug-likeness (QED) is 0.886. The molecule has 1 heterocycles. The molecule has 2 N–H and O–H groups in total. The second kappa shape index (κ2) is 6.00. The van der Waals surface area contributed by atoms with Crippen LogP contribution in [0.25, 0.3) is 0 Å². The number of hydrogen-bond acceptors (Lipinski definition) is 2. The van der Waals surface area contributed by atoms with Crippen molar-refractivity contribution in [1.29, 1.82) is 0 Å². The van der Waals surface area contributed by atoms with Gasteiger partial charge in [-0.25, -0.2) is 0 Å². The van der Waals surface area contributed by atoms with Gasteiger partial charge in [-0.3, -0.25) is 9.79 Å². The van der Waals surface area contributed by atoms with Gasteiger partial charge in [-0.05, 0) is 50.2 Å². The van der Waals surface area contributed by atoms with E-state index in [2.05, 4.69) is 39.8 Å². The third-order valence-electron chi connectivity index (χ3n) is 4.05. The summed E-state index contributed by atoms with van der Waals surface area (Å²) in [6.45, 7) is 8.56. The first kappa shape index (κ1) is 15.7. The Morgan fingerprint density at radius 1 is 1.29 bits per heavy atom. The molecule has 2 rings (SSSR count). The fourth-order valence-electron chi connectivity index (χ4n) is 3.00. The predicted molar refractivity (Wildman–Crippen MR) is 87.5 cm³/mol. The summed E-state index contributed by atoms with van der Waals surface area (Å²) in [5, 5.41) is 0. The zero-order valence-electron chi connectivity index (χ0n) is 13.5. The fourth-order valence-corrected chi connectivity index (χ4v) is 3.00. The molecule has 1 amide bonds. The maximum Gasteiger partial charge on any atom is 0.226 e. The van der Waals surface area contributed by atoms with Crippen molar-refractivity contribution in [3.63, 3.8) is 0 Å². The van der Waals surface area contributed by atoms with Gasteiger partial charge in [0.1, 0.15) is 0 Å². The van der Waals surface area contributed by atoms with Crippen LogP contribution < -0.4 is 5.73 Å². The summed E-state index contributed by atoms with van der Waals surface area (Å²) >= 11 is 0. The Morgan fingerprint density at radius 3 is 2.57 bits per heavy atom. The highest BCUT2D eigenvalue weighted by Gasteiger charge is 2.32. The number of carbonyl (C=O) groups excluding carboxylic acids is 1. The molecular formula is C18H26N2O. The van der Waals surface area contributed by atoms with Crippen LogP contribution in [0.4, 0.5) is 0 Å². The molecule has 0 unspecified atom stereocenters. The van der Waals surface area contributed by atoms with E-state index >= 15 is 0 Å². The second-order valence-electron chi connectivity index (χ2n) is 7.07. The second-order valence-corrected chi connectivity index (χ2v) is 7.07. The van der Waals surface area contributed by atoms with E-state index in [0.29, 0.717) is 5.92 Å². The lowest BCUT2D eigenvalue weighted by Gasteiger charge is -2.31. The largest absolute Gasteiger partial charge is 0.369 e. The SMILES string of the molecule is CC(C)CC[C@@H](C(N)=O)C1=NC(C)(C)Cc2ccccc21. The van der Waals surface area contributed by atoms with Gasteiger partial charge in [0.15, 0.2) is 0 Å². The topological polar surface area (TPSA) is 55.5 Å². The molecule has 1 aromatic carbocycles. The number of hydrogen-bond donors (Lipinski definition) is 1. The van der Waals surface area contributed by atoms with Gasteiger partial charge in [-0.2, -0.15) is 0 Å². The van der Waals surface area contributed by atoms with Crippen LogP contribution in [0.3, 0.4) is 0 Å². The van der Waals surface area contributed by atoms with Crippen molar-refractivity contribution in [3.8, 4) is 0 Å². The maximum absolute atomic E-state index is 12.0. The molecular weight excluding hydrogens is 260 g/mol. The number of nitrogens with zero attached hydrogens (tertiary/aromatic N) is 1. The number of primary amides is 1. The van der Waals surface area contributed by atoms with Gasteiger partial charge in [-0.15, -0.1) is 0 Å². The summed E-state index contributed by atoms with van der Waals surface area (Å²) < 4.78 is 0. The molecule has 0 spiro atoms. The van der Waals surface area contributed by atoms with E-state index in [4.69, 9.17) is 10.7 Å². The van der Waals surface area contributed by atoms with E-state index in [1.54, 1.807) is 0 Å². The Morgan fingerprint density at radius 2 is 1.95 bits per heavy atom. The molecule has 0 bridgehead atoms. The minimum absolute atomic E-state index is 0.171. The lowest BCUT2D eigenvalue weighted by molar-refractivity contribution is -0.120. The molecule has 21 heavy (non-hydrogen) atoms. The van der Waals surface area contributed by atoms with E-state index < -0.39 is 0 Å². The molecule has 0 saturated carbocycles. The van der Waals surface area contributed by atoms with Gasteiger partial charge in [-0.1, -0.05) is 38.1 Å². The summed E-state index contributed by atoms with van der Waals surface area (Å²) in [6.07, 6.45) is 2.66.